The van der Waals surface area contributed by atoms with Crippen molar-refractivity contribution < 1.29 is 13.2 Å². The molecule has 1 fully saturated rings. The molecule has 2 heterocycles. The third-order valence-corrected chi connectivity index (χ3v) is 3.87. The van der Waals surface area contributed by atoms with Crippen molar-refractivity contribution in [1.29, 1.82) is 0 Å². The van der Waals surface area contributed by atoms with Crippen LogP contribution in [-0.2, 0) is 6.18 Å². The van der Waals surface area contributed by atoms with Crippen molar-refractivity contribution in [3.8, 4) is 11.3 Å². The van der Waals surface area contributed by atoms with Crippen molar-refractivity contribution >= 4 is 11.5 Å². The lowest BCUT2D eigenvalue weighted by atomic mass is 10.1. The molecule has 2 aromatic rings. The first-order valence-corrected chi connectivity index (χ1v) is 7.47. The Balaban J connectivity index is 2.05. The number of hydrogen-bond acceptors (Lipinski definition) is 4. The highest BCUT2D eigenvalue weighted by atomic mass is 19.4. The highest BCUT2D eigenvalue weighted by Crippen LogP contribution is 2.32. The van der Waals surface area contributed by atoms with Gasteiger partial charge in [0, 0.05) is 37.5 Å². The summed E-state index contributed by atoms with van der Waals surface area (Å²) < 4.78 is 39.3. The van der Waals surface area contributed by atoms with Gasteiger partial charge in [0.15, 0.2) is 0 Å². The van der Waals surface area contributed by atoms with Crippen LogP contribution in [0.25, 0.3) is 11.3 Å². The van der Waals surface area contributed by atoms with E-state index < -0.39 is 12.0 Å². The first kappa shape index (κ1) is 15.6. The molecule has 1 aromatic heterocycles. The van der Waals surface area contributed by atoms with Gasteiger partial charge in [-0.1, -0.05) is 12.1 Å². The Bertz CT molecular complexity index is 677. The number of halogens is 3. The first-order chi connectivity index (χ1) is 11.0. The van der Waals surface area contributed by atoms with E-state index in [1.807, 2.05) is 4.90 Å². The molecule has 0 bridgehead atoms. The average molecular weight is 322 g/mol. The summed E-state index contributed by atoms with van der Waals surface area (Å²) in [5.74, 6) is -0.743. The molecule has 3 rings (SSSR count). The second kappa shape index (κ2) is 6.06. The van der Waals surface area contributed by atoms with E-state index in [9.17, 15) is 13.2 Å². The minimum absolute atomic E-state index is 0.289. The molecular formula is C16H17F3N4. The van der Waals surface area contributed by atoms with Crippen molar-refractivity contribution in [2.45, 2.75) is 19.0 Å². The third kappa shape index (κ3) is 3.38. The Morgan fingerprint density at radius 3 is 2.26 bits per heavy atom. The largest absolute Gasteiger partial charge is 0.451 e. The summed E-state index contributed by atoms with van der Waals surface area (Å²) in [6.07, 6.45) is -2.62. The molecule has 0 amide bonds. The lowest BCUT2D eigenvalue weighted by Crippen LogP contribution is -2.22. The van der Waals surface area contributed by atoms with Crippen LogP contribution in [0.2, 0.25) is 0 Å². The monoisotopic (exact) mass is 322 g/mol. The summed E-state index contributed by atoms with van der Waals surface area (Å²) in [4.78, 5) is 9.32. The summed E-state index contributed by atoms with van der Waals surface area (Å²) in [6, 6.07) is 8.75. The molecule has 0 atom stereocenters. The van der Waals surface area contributed by atoms with Gasteiger partial charge in [-0.15, -0.1) is 0 Å². The molecule has 4 nitrogen and oxygen atoms in total. The summed E-state index contributed by atoms with van der Waals surface area (Å²) in [5, 5.41) is 2.98. The van der Waals surface area contributed by atoms with Crippen LogP contribution in [0.5, 0.6) is 0 Å². The van der Waals surface area contributed by atoms with Crippen LogP contribution < -0.4 is 10.2 Å². The normalized spacial score (nSPS) is 15.0. The molecule has 0 aliphatic carbocycles. The lowest BCUT2D eigenvalue weighted by Gasteiger charge is -2.18. The number of nitrogens with one attached hydrogen (secondary N) is 1. The van der Waals surface area contributed by atoms with Crippen LogP contribution in [0, 0.1) is 0 Å². The summed E-state index contributed by atoms with van der Waals surface area (Å²) in [5.41, 5.74) is 1.81. The Labute approximate surface area is 132 Å². The fourth-order valence-electron chi connectivity index (χ4n) is 2.62. The van der Waals surface area contributed by atoms with Gasteiger partial charge in [0.2, 0.25) is 5.82 Å². The number of hydrogen-bond donors (Lipinski definition) is 1. The summed E-state index contributed by atoms with van der Waals surface area (Å²) in [6.45, 7) is 1.46. The molecule has 1 aromatic carbocycles. The summed E-state index contributed by atoms with van der Waals surface area (Å²) >= 11 is 0. The van der Waals surface area contributed by atoms with Gasteiger partial charge in [-0.3, -0.25) is 0 Å². The number of alkyl halides is 3. The Kier molecular flexibility index (Phi) is 4.11. The van der Waals surface area contributed by atoms with Gasteiger partial charge < -0.3 is 10.2 Å². The van der Waals surface area contributed by atoms with Crippen molar-refractivity contribution in [2.24, 2.45) is 0 Å². The Morgan fingerprint density at radius 2 is 1.70 bits per heavy atom. The maximum atomic E-state index is 13.1. The number of rotatable bonds is 3. The summed E-state index contributed by atoms with van der Waals surface area (Å²) in [7, 11) is 1.78. The van der Waals surface area contributed by atoms with Crippen molar-refractivity contribution in [3.63, 3.8) is 0 Å². The smallest absolute Gasteiger partial charge is 0.388 e. The second-order valence-corrected chi connectivity index (χ2v) is 5.45. The van der Waals surface area contributed by atoms with Crippen molar-refractivity contribution in [1.82, 2.24) is 9.97 Å². The average Bonchev–Trinajstić information content (AvgIpc) is 3.08. The van der Waals surface area contributed by atoms with Crippen LogP contribution in [0.3, 0.4) is 0 Å². The molecule has 1 saturated heterocycles. The number of nitrogens with zero attached hydrogens (tertiary/aromatic N) is 3. The fraction of sp³-hybridized carbons (Fsp3) is 0.375. The van der Waals surface area contributed by atoms with Crippen LogP contribution >= 0.6 is 0 Å². The van der Waals surface area contributed by atoms with Gasteiger partial charge in [0.25, 0.3) is 0 Å². The number of aromatic nitrogens is 2. The maximum absolute atomic E-state index is 13.1. The fourth-order valence-corrected chi connectivity index (χ4v) is 2.62. The molecule has 1 aliphatic rings. The van der Waals surface area contributed by atoms with Gasteiger partial charge in [-0.2, -0.15) is 13.2 Å². The Morgan fingerprint density at radius 1 is 1.04 bits per heavy atom. The first-order valence-electron chi connectivity index (χ1n) is 7.47. The predicted molar refractivity (Wildman–Crippen MR) is 83.5 cm³/mol. The predicted octanol–water partition coefficient (Wildman–Crippen LogP) is 3.80. The number of anilines is 2. The van der Waals surface area contributed by atoms with E-state index in [2.05, 4.69) is 15.3 Å². The quantitative estimate of drug-likeness (QED) is 0.933. The lowest BCUT2D eigenvalue weighted by molar-refractivity contribution is -0.144. The van der Waals surface area contributed by atoms with E-state index in [1.165, 1.54) is 0 Å². The van der Waals surface area contributed by atoms with Gasteiger partial charge in [0.05, 0.1) is 5.69 Å². The SMILES string of the molecule is CNc1ccc(-c2cc(N3CCCC3)nc(C(F)(F)F)n2)cc1. The Hall–Kier alpha value is -2.31. The van der Waals surface area contributed by atoms with Crippen LogP contribution in [0.1, 0.15) is 18.7 Å². The molecule has 0 radical (unpaired) electrons. The van der Waals surface area contributed by atoms with E-state index in [-0.39, 0.29) is 5.69 Å². The standard InChI is InChI=1S/C16H17F3N4/c1-20-12-6-4-11(5-7-12)13-10-14(23-8-2-3-9-23)22-15(21-13)16(17,18)19/h4-7,10,20H,2-3,8-9H2,1H3. The molecule has 1 aliphatic heterocycles. The van der Waals surface area contributed by atoms with Crippen LogP contribution in [-0.4, -0.2) is 30.1 Å². The van der Waals surface area contributed by atoms with Crippen LogP contribution in [0.4, 0.5) is 24.7 Å². The molecule has 0 unspecified atom stereocenters. The molecule has 23 heavy (non-hydrogen) atoms. The molecule has 0 spiro atoms. The number of benzene rings is 1. The van der Waals surface area contributed by atoms with E-state index in [0.29, 0.717) is 11.4 Å². The minimum atomic E-state index is -4.56. The molecule has 122 valence electrons. The zero-order valence-electron chi connectivity index (χ0n) is 12.7. The van der Waals surface area contributed by atoms with Gasteiger partial charge >= 0.3 is 6.18 Å². The molecular weight excluding hydrogens is 305 g/mol. The maximum Gasteiger partial charge on any atom is 0.451 e. The molecule has 0 saturated carbocycles. The van der Waals surface area contributed by atoms with Gasteiger partial charge in [0.1, 0.15) is 5.82 Å². The minimum Gasteiger partial charge on any atom is -0.388 e. The van der Waals surface area contributed by atoms with E-state index >= 15 is 0 Å². The van der Waals surface area contributed by atoms with Gasteiger partial charge in [-0.05, 0) is 25.0 Å². The zero-order valence-corrected chi connectivity index (χ0v) is 12.7. The molecule has 7 heteroatoms. The van der Waals surface area contributed by atoms with E-state index in [0.717, 1.165) is 31.6 Å². The van der Waals surface area contributed by atoms with E-state index in [1.54, 1.807) is 37.4 Å². The third-order valence-electron chi connectivity index (χ3n) is 3.87. The van der Waals surface area contributed by atoms with Gasteiger partial charge in [-0.25, -0.2) is 9.97 Å². The van der Waals surface area contributed by atoms with E-state index in [4.69, 9.17) is 0 Å². The highest BCUT2D eigenvalue weighted by Gasteiger charge is 2.36. The second-order valence-electron chi connectivity index (χ2n) is 5.45. The van der Waals surface area contributed by atoms with Crippen molar-refractivity contribution in [2.75, 3.05) is 30.4 Å². The topological polar surface area (TPSA) is 41.0 Å². The van der Waals surface area contributed by atoms with Crippen molar-refractivity contribution in [3.05, 3.63) is 36.2 Å². The molecule has 1 N–H and O–H groups in total. The highest BCUT2D eigenvalue weighted by molar-refractivity contribution is 5.65. The zero-order chi connectivity index (χ0) is 16.4. The van der Waals surface area contributed by atoms with Crippen LogP contribution in [0.15, 0.2) is 30.3 Å².